The van der Waals surface area contributed by atoms with Gasteiger partial charge in [-0.2, -0.15) is 0 Å². The van der Waals surface area contributed by atoms with Crippen molar-refractivity contribution in [3.8, 4) is 0 Å². The molecule has 2 heterocycles. The molecule has 1 aliphatic heterocycles. The van der Waals surface area contributed by atoms with E-state index in [0.717, 1.165) is 12.0 Å². The minimum absolute atomic E-state index is 0.0296. The third-order valence-electron chi connectivity index (χ3n) is 7.01. The summed E-state index contributed by atoms with van der Waals surface area (Å²) in [6.07, 6.45) is 5.92. The first kappa shape index (κ1) is 29.6. The van der Waals surface area contributed by atoms with E-state index < -0.39 is 12.0 Å². The third-order valence-corrected chi connectivity index (χ3v) is 7.01. The van der Waals surface area contributed by atoms with Crippen LogP contribution in [0.15, 0.2) is 42.9 Å². The Morgan fingerprint density at radius 1 is 1.21 bits per heavy atom. The predicted molar refractivity (Wildman–Crippen MR) is 142 cm³/mol. The van der Waals surface area contributed by atoms with Crippen molar-refractivity contribution in [2.75, 3.05) is 18.5 Å². The van der Waals surface area contributed by atoms with E-state index in [1.54, 1.807) is 18.6 Å². The van der Waals surface area contributed by atoms with Crippen molar-refractivity contribution < 1.29 is 23.5 Å². The van der Waals surface area contributed by atoms with Gasteiger partial charge in [-0.1, -0.05) is 32.9 Å². The van der Waals surface area contributed by atoms with E-state index in [0.29, 0.717) is 18.7 Å². The summed E-state index contributed by atoms with van der Waals surface area (Å²) in [7, 11) is 1.83. The molecule has 1 saturated heterocycles. The first-order valence-electron chi connectivity index (χ1n) is 13.0. The SMILES string of the molecule is CN(c1ccc(C(C)(C)C)cc1)C(C(=O)NC1CCC(F)(F)CC1)c1cnccn1.O=CC1CC(O)CN1. The van der Waals surface area contributed by atoms with Gasteiger partial charge >= 0.3 is 0 Å². The molecule has 10 heteroatoms. The number of likely N-dealkylation sites (N-methyl/N-ethyl adjacent to an activating group) is 1. The van der Waals surface area contributed by atoms with Gasteiger partial charge in [0.2, 0.25) is 11.8 Å². The molecule has 1 amide bonds. The van der Waals surface area contributed by atoms with Crippen LogP contribution in [0.4, 0.5) is 14.5 Å². The molecule has 1 aliphatic carbocycles. The smallest absolute Gasteiger partial charge is 0.249 e. The monoisotopic (exact) mass is 531 g/mol. The van der Waals surface area contributed by atoms with Crippen LogP contribution in [0, 0.1) is 0 Å². The fourth-order valence-corrected chi connectivity index (χ4v) is 4.62. The molecule has 2 aliphatic rings. The number of aliphatic hydroxyl groups is 1. The minimum atomic E-state index is -2.63. The zero-order valence-corrected chi connectivity index (χ0v) is 22.5. The molecule has 208 valence electrons. The highest BCUT2D eigenvalue weighted by atomic mass is 19.3. The molecule has 0 bridgehead atoms. The van der Waals surface area contributed by atoms with E-state index in [1.807, 2.05) is 24.1 Å². The number of benzene rings is 1. The van der Waals surface area contributed by atoms with Gasteiger partial charge in [0.15, 0.2) is 6.04 Å². The van der Waals surface area contributed by atoms with Crippen LogP contribution in [0.3, 0.4) is 0 Å². The van der Waals surface area contributed by atoms with Gasteiger partial charge in [-0.15, -0.1) is 0 Å². The molecular formula is C28H39F2N5O3. The second-order valence-electron chi connectivity index (χ2n) is 11.1. The number of amides is 1. The number of hydrogen-bond donors (Lipinski definition) is 3. The Kier molecular flexibility index (Phi) is 9.89. The largest absolute Gasteiger partial charge is 0.392 e. The molecule has 8 nitrogen and oxygen atoms in total. The summed E-state index contributed by atoms with van der Waals surface area (Å²) in [6, 6.07) is 7.01. The topological polar surface area (TPSA) is 107 Å². The number of nitrogens with one attached hydrogen (secondary N) is 2. The second kappa shape index (κ2) is 12.7. The molecule has 2 fully saturated rings. The van der Waals surface area contributed by atoms with Crippen molar-refractivity contribution in [1.29, 1.82) is 0 Å². The normalized spacial score (nSPS) is 22.1. The van der Waals surface area contributed by atoms with Crippen LogP contribution in [0.1, 0.15) is 70.2 Å². The Balaban J connectivity index is 0.000000427. The van der Waals surface area contributed by atoms with Crippen LogP contribution < -0.4 is 15.5 Å². The second-order valence-corrected chi connectivity index (χ2v) is 11.1. The summed E-state index contributed by atoms with van der Waals surface area (Å²) in [5, 5.41) is 14.6. The molecule has 3 atom stereocenters. The minimum Gasteiger partial charge on any atom is -0.392 e. The van der Waals surface area contributed by atoms with Gasteiger partial charge in [0.05, 0.1) is 24.0 Å². The van der Waals surface area contributed by atoms with Gasteiger partial charge in [-0.05, 0) is 42.4 Å². The summed E-state index contributed by atoms with van der Waals surface area (Å²) in [6.45, 7) is 7.00. The van der Waals surface area contributed by atoms with Crippen molar-refractivity contribution in [3.05, 3.63) is 54.1 Å². The zero-order chi connectivity index (χ0) is 27.9. The number of aldehydes is 1. The Morgan fingerprint density at radius 3 is 2.34 bits per heavy atom. The maximum atomic E-state index is 13.5. The lowest BCUT2D eigenvalue weighted by molar-refractivity contribution is -0.124. The van der Waals surface area contributed by atoms with E-state index in [9.17, 15) is 18.4 Å². The Bertz CT molecular complexity index is 1040. The van der Waals surface area contributed by atoms with E-state index >= 15 is 0 Å². The van der Waals surface area contributed by atoms with Gasteiger partial charge in [0.25, 0.3) is 0 Å². The number of halogens is 2. The molecule has 1 aromatic carbocycles. The van der Waals surface area contributed by atoms with Crippen molar-refractivity contribution >= 4 is 17.9 Å². The average molecular weight is 532 g/mol. The van der Waals surface area contributed by atoms with E-state index in [1.165, 1.54) is 5.56 Å². The number of aliphatic hydroxyl groups excluding tert-OH is 1. The number of anilines is 1. The van der Waals surface area contributed by atoms with Crippen molar-refractivity contribution in [2.24, 2.45) is 0 Å². The number of carbonyl (C=O) groups excluding carboxylic acids is 2. The average Bonchev–Trinajstić information content (AvgIpc) is 3.31. The Hall–Kier alpha value is -2.98. The summed E-state index contributed by atoms with van der Waals surface area (Å²) in [5.41, 5.74) is 2.60. The van der Waals surface area contributed by atoms with Crippen LogP contribution in [-0.4, -0.2) is 65.0 Å². The molecule has 0 radical (unpaired) electrons. The van der Waals surface area contributed by atoms with Crippen LogP contribution in [0.25, 0.3) is 0 Å². The van der Waals surface area contributed by atoms with Gasteiger partial charge in [0, 0.05) is 50.6 Å². The van der Waals surface area contributed by atoms with Crippen LogP contribution in [-0.2, 0) is 15.0 Å². The number of rotatable bonds is 6. The fraction of sp³-hybridized carbons (Fsp3) is 0.571. The maximum Gasteiger partial charge on any atom is 0.249 e. The summed E-state index contributed by atoms with van der Waals surface area (Å²) in [4.78, 5) is 33.5. The molecule has 3 unspecified atom stereocenters. The number of β-amino-alcohol motifs (C(OH)–C–C–N with tert-alkyl or cyclic N) is 1. The highest BCUT2D eigenvalue weighted by molar-refractivity contribution is 5.86. The molecule has 0 spiro atoms. The number of alkyl halides is 2. The third kappa shape index (κ3) is 8.26. The first-order chi connectivity index (χ1) is 17.9. The lowest BCUT2D eigenvalue weighted by atomic mass is 9.87. The Labute approximate surface area is 223 Å². The van der Waals surface area contributed by atoms with Gasteiger partial charge < -0.3 is 25.4 Å². The number of hydrogen-bond acceptors (Lipinski definition) is 7. The first-order valence-corrected chi connectivity index (χ1v) is 13.0. The van der Waals surface area contributed by atoms with E-state index in [2.05, 4.69) is 53.5 Å². The quantitative estimate of drug-likeness (QED) is 0.490. The van der Waals surface area contributed by atoms with Gasteiger partial charge in [-0.3, -0.25) is 14.8 Å². The van der Waals surface area contributed by atoms with Crippen LogP contribution >= 0.6 is 0 Å². The van der Waals surface area contributed by atoms with Crippen LogP contribution in [0.2, 0.25) is 0 Å². The molecule has 1 saturated carbocycles. The number of carbonyl (C=O) groups is 2. The zero-order valence-electron chi connectivity index (χ0n) is 22.5. The summed E-state index contributed by atoms with van der Waals surface area (Å²) in [5.74, 6) is -2.88. The van der Waals surface area contributed by atoms with E-state index in [-0.39, 0.29) is 55.2 Å². The van der Waals surface area contributed by atoms with Crippen molar-refractivity contribution in [2.45, 2.75) is 88.4 Å². The highest BCUT2D eigenvalue weighted by Gasteiger charge is 2.37. The van der Waals surface area contributed by atoms with Crippen molar-refractivity contribution in [3.63, 3.8) is 0 Å². The molecule has 3 N–H and O–H groups in total. The maximum absolute atomic E-state index is 13.5. The number of nitrogens with zero attached hydrogens (tertiary/aromatic N) is 3. The van der Waals surface area contributed by atoms with E-state index in [4.69, 9.17) is 5.11 Å². The molecule has 4 rings (SSSR count). The lowest BCUT2D eigenvalue weighted by Crippen LogP contribution is -2.46. The Morgan fingerprint density at radius 2 is 1.87 bits per heavy atom. The van der Waals surface area contributed by atoms with Crippen LogP contribution in [0.5, 0.6) is 0 Å². The standard InChI is InChI=1S/C23H30F2N4O.C5H9NO2/c1-22(2,3)16-5-7-18(8-6-16)29(4)20(19-15-26-13-14-27-19)21(30)28-17-9-11-23(24,25)12-10-17;7-3-4-1-5(8)2-6-4/h5-8,13-15,17,20H,9-12H2,1-4H3,(H,28,30);3-6,8H,1-2H2. The van der Waals surface area contributed by atoms with Crippen molar-refractivity contribution in [1.82, 2.24) is 20.6 Å². The summed E-state index contributed by atoms with van der Waals surface area (Å²) < 4.78 is 26.9. The molecule has 38 heavy (non-hydrogen) atoms. The molecular weight excluding hydrogens is 492 g/mol. The number of aromatic nitrogens is 2. The predicted octanol–water partition coefficient (Wildman–Crippen LogP) is 3.55. The fourth-order valence-electron chi connectivity index (χ4n) is 4.62. The highest BCUT2D eigenvalue weighted by Crippen LogP contribution is 2.34. The van der Waals surface area contributed by atoms with Gasteiger partial charge in [-0.25, -0.2) is 8.78 Å². The molecule has 2 aromatic rings. The molecule has 1 aromatic heterocycles. The van der Waals surface area contributed by atoms with Gasteiger partial charge in [0.1, 0.15) is 6.29 Å². The lowest BCUT2D eigenvalue weighted by Gasteiger charge is -2.33. The summed E-state index contributed by atoms with van der Waals surface area (Å²) >= 11 is 0.